The molecule has 0 atom stereocenters. The van der Waals surface area contributed by atoms with Gasteiger partial charge < -0.3 is 10.1 Å². The Morgan fingerprint density at radius 3 is 2.52 bits per heavy atom. The lowest BCUT2D eigenvalue weighted by Gasteiger charge is -2.31. The molecule has 1 aliphatic rings. The molecule has 1 aliphatic heterocycles. The third kappa shape index (κ3) is 4.97. The zero-order chi connectivity index (χ0) is 22.8. The lowest BCUT2D eigenvalue weighted by Crippen LogP contribution is -2.41. The molecule has 0 bridgehead atoms. The van der Waals surface area contributed by atoms with E-state index in [1.165, 1.54) is 23.5 Å². The molecule has 166 valence electrons. The quantitative estimate of drug-likeness (QED) is 0.512. The highest BCUT2D eigenvalue weighted by molar-refractivity contribution is 7.89. The molecule has 2 aromatic rings. The number of halogens is 1. The zero-order valence-corrected chi connectivity index (χ0v) is 18.6. The van der Waals surface area contributed by atoms with Gasteiger partial charge in [0.1, 0.15) is 5.75 Å². The van der Waals surface area contributed by atoms with Gasteiger partial charge in [0.25, 0.3) is 5.69 Å². The van der Waals surface area contributed by atoms with E-state index in [2.05, 4.69) is 5.32 Å². The maximum absolute atomic E-state index is 13.0. The van der Waals surface area contributed by atoms with E-state index in [1.807, 2.05) is 0 Å². The number of amides is 1. The van der Waals surface area contributed by atoms with E-state index in [0.29, 0.717) is 34.9 Å². The lowest BCUT2D eigenvalue weighted by atomic mass is 9.97. The van der Waals surface area contributed by atoms with E-state index in [4.69, 9.17) is 16.3 Å². The van der Waals surface area contributed by atoms with Gasteiger partial charge in [-0.2, -0.15) is 4.31 Å². The number of rotatable bonds is 6. The topological polar surface area (TPSA) is 119 Å². The van der Waals surface area contributed by atoms with Crippen LogP contribution in [0.1, 0.15) is 18.4 Å². The van der Waals surface area contributed by atoms with Crippen LogP contribution in [0.25, 0.3) is 0 Å². The Morgan fingerprint density at radius 1 is 1.23 bits per heavy atom. The van der Waals surface area contributed by atoms with Gasteiger partial charge in [0.2, 0.25) is 15.9 Å². The molecule has 1 heterocycles. The first kappa shape index (κ1) is 23.0. The minimum absolute atomic E-state index is 0.0896. The van der Waals surface area contributed by atoms with Crippen molar-refractivity contribution in [3.63, 3.8) is 0 Å². The SMILES string of the molecule is COc1ccc(Cl)cc1NC(=O)C1CCN(S(=O)(=O)c2cc([N+](=O)[O-])ccc2C)CC1. The number of carbonyl (C=O) groups excluding carboxylic acids is 1. The van der Waals surface area contributed by atoms with Crippen molar-refractivity contribution in [3.8, 4) is 5.75 Å². The smallest absolute Gasteiger partial charge is 0.270 e. The van der Waals surface area contributed by atoms with Crippen molar-refractivity contribution in [1.29, 1.82) is 0 Å². The first-order chi connectivity index (χ1) is 14.6. The maximum Gasteiger partial charge on any atom is 0.270 e. The number of hydrogen-bond acceptors (Lipinski definition) is 6. The summed E-state index contributed by atoms with van der Waals surface area (Å²) in [5, 5.41) is 14.3. The van der Waals surface area contributed by atoms with E-state index in [0.717, 1.165) is 6.07 Å². The number of sulfonamides is 1. The van der Waals surface area contributed by atoms with Gasteiger partial charge in [-0.15, -0.1) is 0 Å². The summed E-state index contributed by atoms with van der Waals surface area (Å²) in [5.74, 6) is -0.163. The molecule has 1 fully saturated rings. The first-order valence-electron chi connectivity index (χ1n) is 9.53. The van der Waals surface area contributed by atoms with Gasteiger partial charge >= 0.3 is 0 Å². The molecule has 1 N–H and O–H groups in total. The van der Waals surface area contributed by atoms with E-state index in [-0.39, 0.29) is 35.5 Å². The Morgan fingerprint density at radius 2 is 1.90 bits per heavy atom. The van der Waals surface area contributed by atoms with Gasteiger partial charge in [0, 0.05) is 36.2 Å². The van der Waals surface area contributed by atoms with Crippen LogP contribution in [0.2, 0.25) is 5.02 Å². The molecule has 0 aliphatic carbocycles. The molecule has 0 spiro atoms. The van der Waals surface area contributed by atoms with E-state index >= 15 is 0 Å². The number of ether oxygens (including phenoxy) is 1. The van der Waals surface area contributed by atoms with E-state index in [9.17, 15) is 23.3 Å². The van der Waals surface area contributed by atoms with Gasteiger partial charge in [-0.3, -0.25) is 14.9 Å². The number of nitro groups is 1. The van der Waals surface area contributed by atoms with Crippen LogP contribution in [0.3, 0.4) is 0 Å². The van der Waals surface area contributed by atoms with Crippen LogP contribution in [0, 0.1) is 23.0 Å². The average Bonchev–Trinajstić information content (AvgIpc) is 2.74. The van der Waals surface area contributed by atoms with Gasteiger partial charge in [0.05, 0.1) is 22.6 Å². The fourth-order valence-corrected chi connectivity index (χ4v) is 5.38. The molecule has 3 rings (SSSR count). The van der Waals surface area contributed by atoms with Crippen LogP contribution in [-0.4, -0.2) is 43.8 Å². The van der Waals surface area contributed by atoms with Crippen molar-refractivity contribution >= 4 is 38.9 Å². The highest BCUT2D eigenvalue weighted by Crippen LogP contribution is 2.31. The number of nitro benzene ring substituents is 1. The van der Waals surface area contributed by atoms with Gasteiger partial charge in [0.15, 0.2) is 0 Å². The van der Waals surface area contributed by atoms with Crippen LogP contribution >= 0.6 is 11.6 Å². The fourth-order valence-electron chi connectivity index (χ4n) is 3.49. The molecule has 1 saturated heterocycles. The number of benzene rings is 2. The lowest BCUT2D eigenvalue weighted by molar-refractivity contribution is -0.385. The molecular weight excluding hydrogens is 446 g/mol. The second-order valence-corrected chi connectivity index (χ2v) is 9.56. The Labute approximate surface area is 185 Å². The van der Waals surface area contributed by atoms with Crippen molar-refractivity contribution in [3.05, 3.63) is 57.1 Å². The van der Waals surface area contributed by atoms with Crippen LogP contribution < -0.4 is 10.1 Å². The summed E-state index contributed by atoms with van der Waals surface area (Å²) in [6.07, 6.45) is 0.643. The number of nitrogens with one attached hydrogen (secondary N) is 1. The number of nitrogens with zero attached hydrogens (tertiary/aromatic N) is 2. The normalized spacial score (nSPS) is 15.5. The number of anilines is 1. The molecule has 2 aromatic carbocycles. The predicted molar refractivity (Wildman–Crippen MR) is 116 cm³/mol. The van der Waals surface area contributed by atoms with Crippen molar-refractivity contribution in [2.75, 3.05) is 25.5 Å². The number of methoxy groups -OCH3 is 1. The van der Waals surface area contributed by atoms with Crippen LogP contribution in [0.15, 0.2) is 41.3 Å². The maximum atomic E-state index is 13.0. The van der Waals surface area contributed by atoms with Gasteiger partial charge in [-0.05, 0) is 43.5 Å². The molecule has 0 saturated carbocycles. The summed E-state index contributed by atoms with van der Waals surface area (Å²) >= 11 is 5.99. The van der Waals surface area contributed by atoms with Crippen LogP contribution in [0.4, 0.5) is 11.4 Å². The highest BCUT2D eigenvalue weighted by atomic mass is 35.5. The summed E-state index contributed by atoms with van der Waals surface area (Å²) in [5.41, 5.74) is 0.592. The summed E-state index contributed by atoms with van der Waals surface area (Å²) in [6, 6.07) is 8.65. The molecule has 11 heteroatoms. The molecule has 1 amide bonds. The third-order valence-electron chi connectivity index (χ3n) is 5.24. The van der Waals surface area contributed by atoms with Gasteiger partial charge in [-0.25, -0.2) is 8.42 Å². The van der Waals surface area contributed by atoms with E-state index < -0.39 is 14.9 Å². The Balaban J connectivity index is 1.71. The minimum atomic E-state index is -3.91. The molecule has 0 unspecified atom stereocenters. The summed E-state index contributed by atoms with van der Waals surface area (Å²) in [7, 11) is -2.43. The Kier molecular flexibility index (Phi) is 6.83. The van der Waals surface area contributed by atoms with E-state index in [1.54, 1.807) is 25.1 Å². The Bertz CT molecular complexity index is 1110. The first-order valence-corrected chi connectivity index (χ1v) is 11.3. The van der Waals surface area contributed by atoms with Crippen molar-refractivity contribution in [2.24, 2.45) is 5.92 Å². The highest BCUT2D eigenvalue weighted by Gasteiger charge is 2.33. The fraction of sp³-hybridized carbons (Fsp3) is 0.350. The van der Waals surface area contributed by atoms with Crippen molar-refractivity contribution in [1.82, 2.24) is 4.31 Å². The molecule has 9 nitrogen and oxygen atoms in total. The van der Waals surface area contributed by atoms with Crippen molar-refractivity contribution < 1.29 is 22.9 Å². The van der Waals surface area contributed by atoms with Crippen molar-refractivity contribution in [2.45, 2.75) is 24.7 Å². The standard InChI is InChI=1S/C20H22ClN3O6S/c1-13-3-5-16(24(26)27)12-19(13)31(28,29)23-9-7-14(8-10-23)20(25)22-17-11-15(21)4-6-18(17)30-2/h3-6,11-12,14H,7-10H2,1-2H3,(H,22,25). The summed E-state index contributed by atoms with van der Waals surface area (Å²) in [6.45, 7) is 1.86. The summed E-state index contributed by atoms with van der Waals surface area (Å²) < 4.78 is 32.6. The zero-order valence-electron chi connectivity index (χ0n) is 17.0. The average molecular weight is 468 g/mol. The molecule has 0 aromatic heterocycles. The number of hydrogen-bond donors (Lipinski definition) is 1. The Hall–Kier alpha value is -2.69. The van der Waals surface area contributed by atoms with Crippen LogP contribution in [0.5, 0.6) is 5.75 Å². The largest absolute Gasteiger partial charge is 0.495 e. The predicted octanol–water partition coefficient (Wildman–Crippen LogP) is 3.60. The third-order valence-corrected chi connectivity index (χ3v) is 7.52. The number of piperidine rings is 1. The van der Waals surface area contributed by atoms with Crippen LogP contribution in [-0.2, 0) is 14.8 Å². The second-order valence-electron chi connectivity index (χ2n) is 7.22. The molecule has 31 heavy (non-hydrogen) atoms. The molecular formula is C20H22ClN3O6S. The summed E-state index contributed by atoms with van der Waals surface area (Å²) in [4.78, 5) is 23.0. The number of carbonyl (C=O) groups is 1. The second kappa shape index (κ2) is 9.21. The minimum Gasteiger partial charge on any atom is -0.495 e. The van der Waals surface area contributed by atoms with Gasteiger partial charge in [-0.1, -0.05) is 17.7 Å². The number of non-ortho nitro benzene ring substituents is 1. The monoisotopic (exact) mass is 467 g/mol. The number of aryl methyl sites for hydroxylation is 1. The molecule has 0 radical (unpaired) electrons.